The first-order valence-electron chi connectivity index (χ1n) is 8.58. The van der Waals surface area contributed by atoms with Gasteiger partial charge in [0.05, 0.1) is 0 Å². The average molecular weight is 281 g/mol. The second kappa shape index (κ2) is 8.02. The predicted molar refractivity (Wildman–Crippen MR) is 81.4 cm³/mol. The normalized spacial score (nSPS) is 29.8. The van der Waals surface area contributed by atoms with Gasteiger partial charge < -0.3 is 10.0 Å². The van der Waals surface area contributed by atoms with Crippen molar-refractivity contribution < 1.29 is 9.90 Å². The first kappa shape index (κ1) is 15.8. The van der Waals surface area contributed by atoms with E-state index in [0.29, 0.717) is 5.91 Å². The molecule has 0 aliphatic heterocycles. The molecule has 0 saturated heterocycles. The molecule has 2 rings (SSSR count). The Balaban J connectivity index is 1.74. The highest BCUT2D eigenvalue weighted by Gasteiger charge is 2.35. The number of aliphatic hydroxyl groups excluding tert-OH is 1. The molecule has 3 unspecified atom stereocenters. The van der Waals surface area contributed by atoms with Crippen molar-refractivity contribution in [3.8, 4) is 0 Å². The summed E-state index contributed by atoms with van der Waals surface area (Å²) in [6, 6.07) is 0. The Hall–Kier alpha value is -0.570. The number of fused-ring (bicyclic) bond motifs is 1. The van der Waals surface area contributed by atoms with Gasteiger partial charge in [-0.25, -0.2) is 0 Å². The molecule has 2 saturated carbocycles. The van der Waals surface area contributed by atoms with Crippen molar-refractivity contribution in [3.63, 3.8) is 0 Å². The van der Waals surface area contributed by atoms with Crippen molar-refractivity contribution in [2.75, 3.05) is 20.2 Å². The standard InChI is InChI=1S/C17H31NO2/c1-18(11-5-2-6-12-19)17(20)16-10-9-14-7-3-4-8-15(14)13-16/h14-16,19H,2-13H2,1H3. The van der Waals surface area contributed by atoms with Crippen LogP contribution < -0.4 is 0 Å². The van der Waals surface area contributed by atoms with Gasteiger partial charge in [0, 0.05) is 26.1 Å². The molecule has 116 valence electrons. The maximum absolute atomic E-state index is 12.5. The largest absolute Gasteiger partial charge is 0.396 e. The number of amides is 1. The molecule has 20 heavy (non-hydrogen) atoms. The lowest BCUT2D eigenvalue weighted by atomic mass is 9.67. The Bertz CT molecular complexity index is 305. The molecule has 3 heteroatoms. The lowest BCUT2D eigenvalue weighted by Crippen LogP contribution is -2.38. The summed E-state index contributed by atoms with van der Waals surface area (Å²) in [7, 11) is 1.95. The van der Waals surface area contributed by atoms with Crippen molar-refractivity contribution in [2.45, 2.75) is 64.2 Å². The van der Waals surface area contributed by atoms with Gasteiger partial charge in [0.1, 0.15) is 0 Å². The van der Waals surface area contributed by atoms with E-state index < -0.39 is 0 Å². The van der Waals surface area contributed by atoms with Crippen LogP contribution in [0.3, 0.4) is 0 Å². The average Bonchev–Trinajstić information content (AvgIpc) is 2.50. The van der Waals surface area contributed by atoms with E-state index in [1.54, 1.807) is 0 Å². The van der Waals surface area contributed by atoms with Gasteiger partial charge in [-0.1, -0.05) is 25.7 Å². The highest BCUT2D eigenvalue weighted by molar-refractivity contribution is 5.78. The third-order valence-corrected chi connectivity index (χ3v) is 5.42. The molecule has 0 aromatic carbocycles. The Morgan fingerprint density at radius 2 is 1.80 bits per heavy atom. The van der Waals surface area contributed by atoms with Crippen LogP contribution in [-0.4, -0.2) is 36.1 Å². The fraction of sp³-hybridized carbons (Fsp3) is 0.941. The van der Waals surface area contributed by atoms with Gasteiger partial charge in [-0.2, -0.15) is 0 Å². The number of rotatable bonds is 6. The van der Waals surface area contributed by atoms with Crippen LogP contribution in [0, 0.1) is 17.8 Å². The van der Waals surface area contributed by atoms with E-state index in [1.807, 2.05) is 11.9 Å². The van der Waals surface area contributed by atoms with Crippen molar-refractivity contribution >= 4 is 5.91 Å². The van der Waals surface area contributed by atoms with Crippen LogP contribution in [0.4, 0.5) is 0 Å². The Labute approximate surface area is 123 Å². The zero-order chi connectivity index (χ0) is 14.4. The van der Waals surface area contributed by atoms with E-state index >= 15 is 0 Å². The highest BCUT2D eigenvalue weighted by Crippen LogP contribution is 2.43. The van der Waals surface area contributed by atoms with Gasteiger partial charge in [0.15, 0.2) is 0 Å². The topological polar surface area (TPSA) is 40.5 Å². The van der Waals surface area contributed by atoms with Gasteiger partial charge in [-0.05, 0) is 50.4 Å². The Morgan fingerprint density at radius 1 is 1.05 bits per heavy atom. The molecule has 2 fully saturated rings. The zero-order valence-corrected chi connectivity index (χ0v) is 13.0. The summed E-state index contributed by atoms with van der Waals surface area (Å²) in [5.41, 5.74) is 0. The molecule has 1 amide bonds. The number of aliphatic hydroxyl groups is 1. The first-order chi connectivity index (χ1) is 9.72. The summed E-state index contributed by atoms with van der Waals surface area (Å²) in [6.07, 6.45) is 12.0. The van der Waals surface area contributed by atoms with Crippen LogP contribution in [0.15, 0.2) is 0 Å². The number of carbonyl (C=O) groups excluding carboxylic acids is 1. The highest BCUT2D eigenvalue weighted by atomic mass is 16.2. The minimum Gasteiger partial charge on any atom is -0.396 e. The third-order valence-electron chi connectivity index (χ3n) is 5.42. The summed E-state index contributed by atoms with van der Waals surface area (Å²) in [6.45, 7) is 1.12. The lowest BCUT2D eigenvalue weighted by molar-refractivity contribution is -0.136. The summed E-state index contributed by atoms with van der Waals surface area (Å²) in [5, 5.41) is 8.77. The summed E-state index contributed by atoms with van der Waals surface area (Å²) in [4.78, 5) is 14.4. The molecule has 0 aromatic heterocycles. The van der Waals surface area contributed by atoms with Gasteiger partial charge in [-0.3, -0.25) is 4.79 Å². The van der Waals surface area contributed by atoms with Crippen LogP contribution in [0.1, 0.15) is 64.2 Å². The van der Waals surface area contributed by atoms with E-state index in [1.165, 1.54) is 32.1 Å². The van der Waals surface area contributed by atoms with Gasteiger partial charge in [0.25, 0.3) is 0 Å². The SMILES string of the molecule is CN(CCCCCO)C(=O)C1CCC2CCCCC2C1. The molecule has 2 aliphatic rings. The molecule has 3 nitrogen and oxygen atoms in total. The van der Waals surface area contributed by atoms with Crippen LogP contribution >= 0.6 is 0 Å². The van der Waals surface area contributed by atoms with Crippen LogP contribution in [0.25, 0.3) is 0 Å². The van der Waals surface area contributed by atoms with Gasteiger partial charge in [0.2, 0.25) is 5.91 Å². The summed E-state index contributed by atoms with van der Waals surface area (Å²) in [5.74, 6) is 2.41. The fourth-order valence-electron chi connectivity index (χ4n) is 4.16. The van der Waals surface area contributed by atoms with E-state index in [2.05, 4.69) is 0 Å². The smallest absolute Gasteiger partial charge is 0.225 e. The zero-order valence-electron chi connectivity index (χ0n) is 13.0. The van der Waals surface area contributed by atoms with Gasteiger partial charge in [-0.15, -0.1) is 0 Å². The van der Waals surface area contributed by atoms with E-state index in [9.17, 15) is 4.79 Å². The van der Waals surface area contributed by atoms with E-state index in [-0.39, 0.29) is 12.5 Å². The first-order valence-corrected chi connectivity index (χ1v) is 8.58. The Morgan fingerprint density at radius 3 is 2.55 bits per heavy atom. The Kier molecular flexibility index (Phi) is 6.34. The molecule has 0 aromatic rings. The van der Waals surface area contributed by atoms with Crippen LogP contribution in [-0.2, 0) is 4.79 Å². The van der Waals surface area contributed by atoms with E-state index in [4.69, 9.17) is 5.11 Å². The fourth-order valence-corrected chi connectivity index (χ4v) is 4.16. The number of hydrogen-bond donors (Lipinski definition) is 1. The second-order valence-corrected chi connectivity index (χ2v) is 6.86. The second-order valence-electron chi connectivity index (χ2n) is 6.86. The molecule has 2 aliphatic carbocycles. The number of carbonyl (C=O) groups is 1. The molecule has 1 N–H and O–H groups in total. The molecule has 0 bridgehead atoms. The third kappa shape index (κ3) is 4.21. The number of hydrogen-bond acceptors (Lipinski definition) is 2. The van der Waals surface area contributed by atoms with Crippen molar-refractivity contribution in [1.82, 2.24) is 4.90 Å². The molecule has 0 radical (unpaired) electrons. The molecular weight excluding hydrogens is 250 g/mol. The van der Waals surface area contributed by atoms with Crippen LogP contribution in [0.2, 0.25) is 0 Å². The molecule has 0 heterocycles. The minimum absolute atomic E-state index is 0.267. The minimum atomic E-state index is 0.267. The number of unbranched alkanes of at least 4 members (excludes halogenated alkanes) is 2. The predicted octanol–water partition coefficient (Wildman–Crippen LogP) is 3.21. The molecular formula is C17H31NO2. The summed E-state index contributed by atoms with van der Waals surface area (Å²) >= 11 is 0. The quantitative estimate of drug-likeness (QED) is 0.759. The molecule has 3 atom stereocenters. The maximum Gasteiger partial charge on any atom is 0.225 e. The monoisotopic (exact) mass is 281 g/mol. The summed E-state index contributed by atoms with van der Waals surface area (Å²) < 4.78 is 0. The van der Waals surface area contributed by atoms with Crippen molar-refractivity contribution in [2.24, 2.45) is 17.8 Å². The van der Waals surface area contributed by atoms with Crippen LogP contribution in [0.5, 0.6) is 0 Å². The maximum atomic E-state index is 12.5. The van der Waals surface area contributed by atoms with Crippen molar-refractivity contribution in [3.05, 3.63) is 0 Å². The molecule has 0 spiro atoms. The van der Waals surface area contributed by atoms with Gasteiger partial charge >= 0.3 is 0 Å². The van der Waals surface area contributed by atoms with E-state index in [0.717, 1.165) is 50.5 Å². The number of nitrogens with zero attached hydrogens (tertiary/aromatic N) is 1. The lowest BCUT2D eigenvalue weighted by Gasteiger charge is -2.39. The van der Waals surface area contributed by atoms with Crippen molar-refractivity contribution in [1.29, 1.82) is 0 Å².